The van der Waals surface area contributed by atoms with E-state index in [1.807, 2.05) is 0 Å². The smallest absolute Gasteiger partial charge is 0.336 e. The van der Waals surface area contributed by atoms with E-state index in [0.29, 0.717) is 44.0 Å². The van der Waals surface area contributed by atoms with E-state index in [1.54, 1.807) is 6.07 Å². The average molecular weight is 315 g/mol. The maximum atomic E-state index is 11.7. The molecule has 0 atom stereocenters. The number of oxazole rings is 1. The molecule has 7 heteroatoms. The third-order valence-corrected chi connectivity index (χ3v) is 4.41. The Labute approximate surface area is 132 Å². The fourth-order valence-corrected chi connectivity index (χ4v) is 3.21. The second-order valence-corrected chi connectivity index (χ2v) is 5.76. The van der Waals surface area contributed by atoms with E-state index in [2.05, 4.69) is 9.88 Å². The van der Waals surface area contributed by atoms with Crippen molar-refractivity contribution in [1.82, 2.24) is 9.97 Å². The number of fused-ring (bicyclic) bond motifs is 2. The molecule has 0 saturated heterocycles. The number of ether oxygens (including phenoxy) is 1. The summed E-state index contributed by atoms with van der Waals surface area (Å²) in [5, 5.41) is 9.57. The number of rotatable bonds is 2. The summed E-state index contributed by atoms with van der Waals surface area (Å²) in [6.07, 6.45) is 3.45. The van der Waals surface area contributed by atoms with E-state index in [4.69, 9.17) is 14.1 Å². The van der Waals surface area contributed by atoms with Crippen molar-refractivity contribution in [3.63, 3.8) is 0 Å². The molecule has 4 heterocycles. The molecule has 2 aliphatic heterocycles. The zero-order chi connectivity index (χ0) is 15.8. The first-order chi connectivity index (χ1) is 11.2. The summed E-state index contributed by atoms with van der Waals surface area (Å²) in [6, 6.07) is 1.68. The van der Waals surface area contributed by atoms with Crippen LogP contribution in [0.4, 0.5) is 5.82 Å². The molecule has 0 spiro atoms. The Bertz CT molecular complexity index is 756. The van der Waals surface area contributed by atoms with Gasteiger partial charge in [-0.15, -0.1) is 0 Å². The van der Waals surface area contributed by atoms with Crippen molar-refractivity contribution in [1.29, 1.82) is 0 Å². The topological polar surface area (TPSA) is 88.7 Å². The van der Waals surface area contributed by atoms with E-state index < -0.39 is 5.97 Å². The summed E-state index contributed by atoms with van der Waals surface area (Å²) in [5.41, 5.74) is 2.87. The van der Waals surface area contributed by atoms with Crippen LogP contribution in [-0.2, 0) is 30.5 Å². The largest absolute Gasteiger partial charge is 0.478 e. The third-order valence-electron chi connectivity index (χ3n) is 4.41. The second-order valence-electron chi connectivity index (χ2n) is 5.76. The van der Waals surface area contributed by atoms with Crippen molar-refractivity contribution in [3.8, 4) is 0 Å². The van der Waals surface area contributed by atoms with Crippen LogP contribution in [0.25, 0.3) is 0 Å². The van der Waals surface area contributed by atoms with Gasteiger partial charge in [-0.2, -0.15) is 0 Å². The van der Waals surface area contributed by atoms with Crippen LogP contribution >= 0.6 is 0 Å². The van der Waals surface area contributed by atoms with Crippen molar-refractivity contribution in [2.24, 2.45) is 0 Å². The van der Waals surface area contributed by atoms with Gasteiger partial charge in [0.05, 0.1) is 25.3 Å². The number of carbonyl (C=O) groups is 1. The van der Waals surface area contributed by atoms with Crippen molar-refractivity contribution in [2.45, 2.75) is 25.8 Å². The Morgan fingerprint density at radius 3 is 2.96 bits per heavy atom. The lowest BCUT2D eigenvalue weighted by Gasteiger charge is -2.27. The molecule has 7 nitrogen and oxygen atoms in total. The SMILES string of the molecule is O=C(O)c1cc(N2CCc3ocnc3C2)nc2c1CCOCC2. The maximum absolute atomic E-state index is 11.7. The first-order valence-electron chi connectivity index (χ1n) is 7.72. The highest BCUT2D eigenvalue weighted by atomic mass is 16.5. The minimum atomic E-state index is -0.911. The molecular formula is C16H17N3O4. The zero-order valence-electron chi connectivity index (χ0n) is 12.6. The molecule has 120 valence electrons. The number of aromatic nitrogens is 2. The Hall–Kier alpha value is -2.41. The van der Waals surface area contributed by atoms with Gasteiger partial charge >= 0.3 is 5.97 Å². The van der Waals surface area contributed by atoms with Gasteiger partial charge in [0.2, 0.25) is 0 Å². The number of aromatic carboxylic acids is 1. The minimum Gasteiger partial charge on any atom is -0.478 e. The fraction of sp³-hybridized carbons (Fsp3) is 0.438. The second kappa shape index (κ2) is 5.66. The average Bonchev–Trinajstić information content (AvgIpc) is 2.89. The molecule has 0 saturated carbocycles. The lowest BCUT2D eigenvalue weighted by molar-refractivity contribution is 0.0695. The number of nitrogens with zero attached hydrogens (tertiary/aromatic N) is 3. The van der Waals surface area contributed by atoms with Crippen LogP contribution in [0.2, 0.25) is 0 Å². The van der Waals surface area contributed by atoms with Crippen molar-refractivity contribution >= 4 is 11.8 Å². The lowest BCUT2D eigenvalue weighted by atomic mass is 10.0. The first-order valence-corrected chi connectivity index (χ1v) is 7.72. The molecule has 0 aliphatic carbocycles. The highest BCUT2D eigenvalue weighted by Gasteiger charge is 2.25. The van der Waals surface area contributed by atoms with E-state index >= 15 is 0 Å². The maximum Gasteiger partial charge on any atom is 0.336 e. The van der Waals surface area contributed by atoms with Crippen molar-refractivity contribution in [3.05, 3.63) is 40.7 Å². The summed E-state index contributed by atoms with van der Waals surface area (Å²) in [7, 11) is 0. The molecule has 0 fully saturated rings. The molecule has 4 rings (SSSR count). The molecule has 23 heavy (non-hydrogen) atoms. The number of carboxylic acids is 1. The summed E-state index contributed by atoms with van der Waals surface area (Å²) in [6.45, 7) is 2.45. The summed E-state index contributed by atoms with van der Waals surface area (Å²) in [5.74, 6) is 0.686. The minimum absolute atomic E-state index is 0.335. The first kappa shape index (κ1) is 14.2. The van der Waals surface area contributed by atoms with Crippen LogP contribution in [0.3, 0.4) is 0 Å². The Morgan fingerprint density at radius 1 is 1.22 bits per heavy atom. The summed E-state index contributed by atoms with van der Waals surface area (Å²) in [4.78, 5) is 22.7. The third kappa shape index (κ3) is 2.57. The van der Waals surface area contributed by atoms with Gasteiger partial charge in [0.25, 0.3) is 0 Å². The van der Waals surface area contributed by atoms with Gasteiger partial charge in [-0.1, -0.05) is 0 Å². The fourth-order valence-electron chi connectivity index (χ4n) is 3.21. The lowest BCUT2D eigenvalue weighted by Crippen LogP contribution is -2.31. The van der Waals surface area contributed by atoms with Crippen molar-refractivity contribution < 1.29 is 19.1 Å². The Kier molecular flexibility index (Phi) is 3.49. The van der Waals surface area contributed by atoms with Gasteiger partial charge < -0.3 is 19.2 Å². The molecule has 0 amide bonds. The summed E-state index contributed by atoms with van der Waals surface area (Å²) >= 11 is 0. The van der Waals surface area contributed by atoms with E-state index in [9.17, 15) is 9.90 Å². The highest BCUT2D eigenvalue weighted by molar-refractivity contribution is 5.90. The van der Waals surface area contributed by atoms with E-state index in [-0.39, 0.29) is 0 Å². The summed E-state index contributed by atoms with van der Waals surface area (Å²) < 4.78 is 10.8. The van der Waals surface area contributed by atoms with Gasteiger partial charge in [-0.25, -0.2) is 14.8 Å². The molecule has 2 aromatic heterocycles. The van der Waals surface area contributed by atoms with Gasteiger partial charge in [0.15, 0.2) is 6.39 Å². The van der Waals surface area contributed by atoms with Crippen LogP contribution in [0.5, 0.6) is 0 Å². The normalized spacial score (nSPS) is 17.3. The predicted octanol–water partition coefficient (Wildman–Crippen LogP) is 1.45. The van der Waals surface area contributed by atoms with Gasteiger partial charge in [-0.05, 0) is 18.1 Å². The number of hydrogen-bond donors (Lipinski definition) is 1. The quantitative estimate of drug-likeness (QED) is 0.897. The van der Waals surface area contributed by atoms with Crippen LogP contribution in [0.1, 0.15) is 33.1 Å². The standard InChI is InChI=1S/C16H17N3O4/c20-16(21)11-7-15(18-12-3-6-22-5-2-10(11)12)19-4-1-14-13(8-19)17-9-23-14/h7,9H,1-6,8H2,(H,20,21). The van der Waals surface area contributed by atoms with Gasteiger partial charge in [-0.3, -0.25) is 0 Å². The number of anilines is 1. The predicted molar refractivity (Wildman–Crippen MR) is 80.7 cm³/mol. The molecule has 0 bridgehead atoms. The highest BCUT2D eigenvalue weighted by Crippen LogP contribution is 2.27. The van der Waals surface area contributed by atoms with E-state index in [1.165, 1.54) is 6.39 Å². The Morgan fingerprint density at radius 2 is 2.09 bits per heavy atom. The molecular weight excluding hydrogens is 298 g/mol. The van der Waals surface area contributed by atoms with Crippen LogP contribution in [-0.4, -0.2) is 40.8 Å². The molecule has 2 aromatic rings. The molecule has 0 unspecified atom stereocenters. The van der Waals surface area contributed by atoms with Gasteiger partial charge in [0, 0.05) is 25.1 Å². The number of pyridine rings is 1. The van der Waals surface area contributed by atoms with Crippen LogP contribution in [0, 0.1) is 0 Å². The van der Waals surface area contributed by atoms with E-state index in [0.717, 1.165) is 35.7 Å². The molecule has 1 N–H and O–H groups in total. The Balaban J connectivity index is 1.73. The van der Waals surface area contributed by atoms with Crippen LogP contribution < -0.4 is 4.90 Å². The molecule has 0 radical (unpaired) electrons. The number of carboxylic acid groups (broad SMARTS) is 1. The van der Waals surface area contributed by atoms with Crippen molar-refractivity contribution in [2.75, 3.05) is 24.7 Å². The molecule has 2 aliphatic rings. The van der Waals surface area contributed by atoms with Crippen LogP contribution in [0.15, 0.2) is 16.9 Å². The number of hydrogen-bond acceptors (Lipinski definition) is 6. The molecule has 0 aromatic carbocycles. The van der Waals surface area contributed by atoms with Gasteiger partial charge in [0.1, 0.15) is 17.3 Å². The monoisotopic (exact) mass is 315 g/mol. The zero-order valence-corrected chi connectivity index (χ0v) is 12.6.